The highest BCUT2D eigenvalue weighted by molar-refractivity contribution is 4.31. The van der Waals surface area contributed by atoms with Gasteiger partial charge in [0.15, 0.2) is 0 Å². The first kappa shape index (κ1) is 23.7. The van der Waals surface area contributed by atoms with Crippen molar-refractivity contribution in [2.24, 2.45) is 0 Å². The fraction of sp³-hybridized carbons (Fsp3) is 1.00. The van der Waals surface area contributed by atoms with Crippen molar-refractivity contribution >= 4 is 0 Å². The van der Waals surface area contributed by atoms with Crippen molar-refractivity contribution in [2.75, 3.05) is 0 Å². The Morgan fingerprint density at radius 2 is 0.571 bits per heavy atom. The van der Waals surface area contributed by atoms with Gasteiger partial charge in [0, 0.05) is 0 Å². The third-order valence-electron chi connectivity index (χ3n) is 1.91. The van der Waals surface area contributed by atoms with Crippen LogP contribution in [0.2, 0.25) is 0 Å². The Balaban J connectivity index is -0.0000000625. The monoisotopic (exact) mass is 204 g/mol. The molecule has 0 aromatic carbocycles. The second-order valence-electron chi connectivity index (χ2n) is 3.41. The van der Waals surface area contributed by atoms with E-state index >= 15 is 0 Å². The van der Waals surface area contributed by atoms with Crippen LogP contribution in [0.15, 0.2) is 0 Å². The average Bonchev–Trinajstić information content (AvgIpc) is 2.12. The topological polar surface area (TPSA) is 0 Å². The van der Waals surface area contributed by atoms with E-state index in [0.717, 1.165) is 0 Å². The number of unbranched alkanes of at least 4 members (excludes halogenated alkanes) is 6. The summed E-state index contributed by atoms with van der Waals surface area (Å²) in [6.45, 7) is 8.93. The van der Waals surface area contributed by atoms with E-state index in [9.17, 15) is 0 Å². The quantitative estimate of drug-likeness (QED) is 0.436. The van der Waals surface area contributed by atoms with Gasteiger partial charge < -0.3 is 0 Å². The second-order valence-corrected chi connectivity index (χ2v) is 3.41. The number of hydrogen-bond acceptors (Lipinski definition) is 0. The van der Waals surface area contributed by atoms with Crippen molar-refractivity contribution in [1.82, 2.24) is 0 Å². The van der Waals surface area contributed by atoms with Gasteiger partial charge in [-0.15, -0.1) is 0 Å². The molecule has 0 saturated heterocycles. The molecule has 0 rings (SSSR count). The van der Waals surface area contributed by atoms with Crippen LogP contribution in [0.1, 0.15) is 93.9 Å². The lowest BCUT2D eigenvalue weighted by Crippen LogP contribution is -1.66. The SMILES string of the molecule is C.C.CCCCCC.CCCCCC. The Bertz CT molecular complexity index is 32.0. The van der Waals surface area contributed by atoms with Gasteiger partial charge in [-0.05, 0) is 0 Å². The zero-order chi connectivity index (χ0) is 9.66. The maximum atomic E-state index is 2.23. The first-order valence-corrected chi connectivity index (χ1v) is 5.83. The van der Waals surface area contributed by atoms with Crippen LogP contribution >= 0.6 is 0 Å². The molecule has 0 unspecified atom stereocenters. The molecule has 0 heterocycles. The van der Waals surface area contributed by atoms with Crippen LogP contribution in [0.25, 0.3) is 0 Å². The first-order valence-electron chi connectivity index (χ1n) is 5.83. The molecular formula is C14H36. The smallest absolute Gasteiger partial charge is 0.0536 e. The first-order chi connectivity index (χ1) is 5.83. The van der Waals surface area contributed by atoms with Gasteiger partial charge >= 0.3 is 0 Å². The Morgan fingerprint density at radius 1 is 0.429 bits per heavy atom. The molecule has 14 heavy (non-hydrogen) atoms. The van der Waals surface area contributed by atoms with Gasteiger partial charge in [0.25, 0.3) is 0 Å². The summed E-state index contributed by atoms with van der Waals surface area (Å²) in [5, 5.41) is 0. The van der Waals surface area contributed by atoms with Crippen molar-refractivity contribution in [2.45, 2.75) is 93.9 Å². The molecule has 0 amide bonds. The second kappa shape index (κ2) is 29.2. The van der Waals surface area contributed by atoms with Crippen LogP contribution in [0.4, 0.5) is 0 Å². The third-order valence-corrected chi connectivity index (χ3v) is 1.91. The maximum absolute atomic E-state index is 2.23. The Hall–Kier alpha value is 0. The molecule has 0 saturated carbocycles. The van der Waals surface area contributed by atoms with Crippen LogP contribution in [0, 0.1) is 0 Å². The predicted molar refractivity (Wildman–Crippen MR) is 73.1 cm³/mol. The van der Waals surface area contributed by atoms with E-state index in [1.54, 1.807) is 0 Å². The molecule has 0 spiro atoms. The molecule has 92 valence electrons. The van der Waals surface area contributed by atoms with Gasteiger partial charge in [-0.1, -0.05) is 93.9 Å². The lowest BCUT2D eigenvalue weighted by Gasteiger charge is -1.86. The lowest BCUT2D eigenvalue weighted by atomic mass is 10.2. The summed E-state index contributed by atoms with van der Waals surface area (Å²) in [5.41, 5.74) is 0. The molecule has 0 radical (unpaired) electrons. The van der Waals surface area contributed by atoms with Crippen molar-refractivity contribution < 1.29 is 0 Å². The fourth-order valence-electron chi connectivity index (χ4n) is 1.000. The Kier molecular flexibility index (Phi) is 49.4. The van der Waals surface area contributed by atoms with Gasteiger partial charge in [-0.25, -0.2) is 0 Å². The molecule has 0 N–H and O–H groups in total. The number of rotatable bonds is 6. The Morgan fingerprint density at radius 3 is 0.643 bits per heavy atom. The van der Waals surface area contributed by atoms with Crippen molar-refractivity contribution in [3.63, 3.8) is 0 Å². The van der Waals surface area contributed by atoms with Crippen LogP contribution in [-0.2, 0) is 0 Å². The predicted octanol–water partition coefficient (Wildman–Crippen LogP) is 6.45. The van der Waals surface area contributed by atoms with Crippen molar-refractivity contribution in [3.8, 4) is 0 Å². The lowest BCUT2D eigenvalue weighted by molar-refractivity contribution is 0.702. The van der Waals surface area contributed by atoms with Crippen molar-refractivity contribution in [3.05, 3.63) is 0 Å². The molecule has 0 nitrogen and oxygen atoms in total. The highest BCUT2D eigenvalue weighted by atomic mass is 13.8. The van der Waals surface area contributed by atoms with Gasteiger partial charge in [0.2, 0.25) is 0 Å². The summed E-state index contributed by atoms with van der Waals surface area (Å²) in [4.78, 5) is 0. The van der Waals surface area contributed by atoms with Gasteiger partial charge in [-0.2, -0.15) is 0 Å². The minimum Gasteiger partial charge on any atom is -0.0776 e. The molecule has 0 aliphatic rings. The fourth-order valence-corrected chi connectivity index (χ4v) is 1.000. The minimum absolute atomic E-state index is 0. The van der Waals surface area contributed by atoms with E-state index in [1.165, 1.54) is 51.4 Å². The molecule has 0 aliphatic carbocycles. The zero-order valence-corrected chi connectivity index (χ0v) is 9.66. The van der Waals surface area contributed by atoms with Crippen LogP contribution in [0.3, 0.4) is 0 Å². The molecule has 0 fully saturated rings. The summed E-state index contributed by atoms with van der Waals surface area (Å²) >= 11 is 0. The van der Waals surface area contributed by atoms with E-state index in [-0.39, 0.29) is 14.9 Å². The highest BCUT2D eigenvalue weighted by Crippen LogP contribution is 1.95. The Labute approximate surface area is 94.5 Å². The van der Waals surface area contributed by atoms with E-state index in [4.69, 9.17) is 0 Å². The summed E-state index contributed by atoms with van der Waals surface area (Å²) in [6, 6.07) is 0. The minimum atomic E-state index is 0. The molecule has 0 bridgehead atoms. The highest BCUT2D eigenvalue weighted by Gasteiger charge is 1.75. The van der Waals surface area contributed by atoms with Crippen molar-refractivity contribution in [1.29, 1.82) is 0 Å². The summed E-state index contributed by atoms with van der Waals surface area (Å²) in [6.07, 6.45) is 11.1. The van der Waals surface area contributed by atoms with Crippen LogP contribution < -0.4 is 0 Å². The molecule has 0 atom stereocenters. The standard InChI is InChI=1S/2C6H14.2CH4/c2*1-3-5-6-4-2;;/h2*3-6H2,1-2H3;2*1H4. The maximum Gasteiger partial charge on any atom is -0.0536 e. The summed E-state index contributed by atoms with van der Waals surface area (Å²) < 4.78 is 0. The normalized spacial score (nSPS) is 7.71. The van der Waals surface area contributed by atoms with Crippen LogP contribution in [0.5, 0.6) is 0 Å². The zero-order valence-electron chi connectivity index (χ0n) is 9.66. The van der Waals surface area contributed by atoms with E-state index in [1.807, 2.05) is 0 Å². The van der Waals surface area contributed by atoms with Crippen LogP contribution in [-0.4, -0.2) is 0 Å². The average molecular weight is 204 g/mol. The summed E-state index contributed by atoms with van der Waals surface area (Å²) in [5.74, 6) is 0. The molecule has 0 aromatic heterocycles. The van der Waals surface area contributed by atoms with Gasteiger partial charge in [0.1, 0.15) is 0 Å². The third kappa shape index (κ3) is 40.3. The molecule has 0 aliphatic heterocycles. The summed E-state index contributed by atoms with van der Waals surface area (Å²) in [7, 11) is 0. The number of hydrogen-bond donors (Lipinski definition) is 0. The van der Waals surface area contributed by atoms with E-state index < -0.39 is 0 Å². The molecular weight excluding hydrogens is 168 g/mol. The van der Waals surface area contributed by atoms with Gasteiger partial charge in [0.05, 0.1) is 0 Å². The molecule has 0 heteroatoms. The largest absolute Gasteiger partial charge is 0.0776 e. The van der Waals surface area contributed by atoms with Gasteiger partial charge in [-0.3, -0.25) is 0 Å². The van der Waals surface area contributed by atoms with E-state index in [2.05, 4.69) is 27.7 Å². The van der Waals surface area contributed by atoms with E-state index in [0.29, 0.717) is 0 Å². The molecule has 0 aromatic rings.